The first kappa shape index (κ1) is 11.0. The normalized spacial score (nSPS) is 10.9. The van der Waals surface area contributed by atoms with Gasteiger partial charge < -0.3 is 0 Å². The zero-order valence-electron chi connectivity index (χ0n) is 8.40. The number of rotatable bonds is 7. The van der Waals surface area contributed by atoms with E-state index in [1.165, 1.54) is 38.5 Å². The molecule has 0 aromatic heterocycles. The second kappa shape index (κ2) is 8.10. The summed E-state index contributed by atoms with van der Waals surface area (Å²) in [6.07, 6.45) is 10.6. The van der Waals surface area contributed by atoms with Crippen LogP contribution in [-0.4, -0.2) is 0 Å². The lowest BCUT2D eigenvalue weighted by Gasteiger charge is -2.12. The smallest absolute Gasteiger partial charge is 0.0417 e. The van der Waals surface area contributed by atoms with E-state index in [0.29, 0.717) is 0 Å². The summed E-state index contributed by atoms with van der Waals surface area (Å²) in [6.45, 7) is 6.75. The van der Waals surface area contributed by atoms with Gasteiger partial charge in [0.2, 0.25) is 0 Å². The molecular formula is C11H23. The SMILES string of the molecule is C[CH]CCC(CC)CCCC. The first-order chi connectivity index (χ1) is 5.35. The third-order valence-corrected chi connectivity index (χ3v) is 2.41. The fourth-order valence-electron chi connectivity index (χ4n) is 1.45. The van der Waals surface area contributed by atoms with Crippen LogP contribution < -0.4 is 0 Å². The van der Waals surface area contributed by atoms with Crippen molar-refractivity contribution in [1.29, 1.82) is 0 Å². The summed E-state index contributed by atoms with van der Waals surface area (Å²) in [5.41, 5.74) is 0. The Morgan fingerprint density at radius 1 is 1.18 bits per heavy atom. The molecule has 1 unspecified atom stereocenters. The maximum atomic E-state index is 2.32. The maximum absolute atomic E-state index is 2.32. The minimum Gasteiger partial charge on any atom is -0.0654 e. The quantitative estimate of drug-likeness (QED) is 0.516. The summed E-state index contributed by atoms with van der Waals surface area (Å²) in [7, 11) is 0. The molecule has 0 spiro atoms. The van der Waals surface area contributed by atoms with Gasteiger partial charge in [0.15, 0.2) is 0 Å². The molecule has 0 heterocycles. The van der Waals surface area contributed by atoms with E-state index >= 15 is 0 Å². The Morgan fingerprint density at radius 3 is 2.36 bits per heavy atom. The molecule has 0 aromatic carbocycles. The molecule has 0 nitrogen and oxygen atoms in total. The van der Waals surface area contributed by atoms with Gasteiger partial charge >= 0.3 is 0 Å². The Kier molecular flexibility index (Phi) is 8.10. The molecular weight excluding hydrogens is 132 g/mol. The predicted octanol–water partition coefficient (Wildman–Crippen LogP) is 4.21. The van der Waals surface area contributed by atoms with Crippen LogP contribution in [0.4, 0.5) is 0 Å². The summed E-state index contributed by atoms with van der Waals surface area (Å²) < 4.78 is 0. The Bertz CT molecular complexity index is 58.4. The van der Waals surface area contributed by atoms with E-state index < -0.39 is 0 Å². The monoisotopic (exact) mass is 155 g/mol. The second-order valence-electron chi connectivity index (χ2n) is 3.40. The van der Waals surface area contributed by atoms with Crippen LogP contribution in [0.25, 0.3) is 0 Å². The van der Waals surface area contributed by atoms with Gasteiger partial charge in [0, 0.05) is 0 Å². The molecule has 0 saturated carbocycles. The summed E-state index contributed by atoms with van der Waals surface area (Å²) in [5, 5.41) is 0. The Labute approximate surface area is 72.4 Å². The Balaban J connectivity index is 3.25. The second-order valence-corrected chi connectivity index (χ2v) is 3.40. The van der Waals surface area contributed by atoms with Crippen molar-refractivity contribution in [3.8, 4) is 0 Å². The van der Waals surface area contributed by atoms with Gasteiger partial charge in [-0.2, -0.15) is 0 Å². The van der Waals surface area contributed by atoms with Gasteiger partial charge in [-0.25, -0.2) is 0 Å². The number of hydrogen-bond donors (Lipinski definition) is 0. The molecule has 0 aliphatic heterocycles. The molecule has 0 aliphatic carbocycles. The van der Waals surface area contributed by atoms with Gasteiger partial charge in [-0.15, -0.1) is 0 Å². The van der Waals surface area contributed by atoms with Gasteiger partial charge in [0.25, 0.3) is 0 Å². The molecule has 1 radical (unpaired) electrons. The van der Waals surface area contributed by atoms with E-state index in [1.54, 1.807) is 0 Å². The summed E-state index contributed by atoms with van der Waals surface area (Å²) in [5.74, 6) is 0.992. The average Bonchev–Trinajstić information content (AvgIpc) is 2.05. The highest BCUT2D eigenvalue weighted by Crippen LogP contribution is 2.18. The first-order valence-electron chi connectivity index (χ1n) is 5.12. The number of hydrogen-bond acceptors (Lipinski definition) is 0. The first-order valence-corrected chi connectivity index (χ1v) is 5.12. The van der Waals surface area contributed by atoms with Gasteiger partial charge in [0.1, 0.15) is 0 Å². The highest BCUT2D eigenvalue weighted by molar-refractivity contribution is 4.62. The molecule has 1 atom stereocenters. The van der Waals surface area contributed by atoms with Crippen LogP contribution in [0, 0.1) is 12.3 Å². The van der Waals surface area contributed by atoms with Gasteiger partial charge in [-0.05, 0) is 12.3 Å². The zero-order chi connectivity index (χ0) is 8.53. The molecule has 0 N–H and O–H groups in total. The van der Waals surface area contributed by atoms with Crippen molar-refractivity contribution in [1.82, 2.24) is 0 Å². The molecule has 0 amide bonds. The topological polar surface area (TPSA) is 0 Å². The molecule has 0 aromatic rings. The van der Waals surface area contributed by atoms with Gasteiger partial charge in [0.05, 0.1) is 0 Å². The van der Waals surface area contributed by atoms with Crippen LogP contribution in [0.3, 0.4) is 0 Å². The van der Waals surface area contributed by atoms with Crippen molar-refractivity contribution < 1.29 is 0 Å². The number of unbranched alkanes of at least 4 members (excludes halogenated alkanes) is 2. The minimum absolute atomic E-state index is 0.992. The van der Waals surface area contributed by atoms with Crippen molar-refractivity contribution in [3.05, 3.63) is 6.42 Å². The van der Waals surface area contributed by atoms with Crippen LogP contribution in [0.1, 0.15) is 59.3 Å². The van der Waals surface area contributed by atoms with Crippen molar-refractivity contribution in [3.63, 3.8) is 0 Å². The van der Waals surface area contributed by atoms with Crippen LogP contribution in [-0.2, 0) is 0 Å². The molecule has 0 heteroatoms. The van der Waals surface area contributed by atoms with Crippen LogP contribution in [0.15, 0.2) is 0 Å². The summed E-state index contributed by atoms with van der Waals surface area (Å²) in [4.78, 5) is 0. The highest BCUT2D eigenvalue weighted by atomic mass is 14.1. The van der Waals surface area contributed by atoms with Crippen LogP contribution >= 0.6 is 0 Å². The van der Waals surface area contributed by atoms with Crippen molar-refractivity contribution in [2.45, 2.75) is 59.3 Å². The van der Waals surface area contributed by atoms with E-state index in [1.807, 2.05) is 0 Å². The largest absolute Gasteiger partial charge is 0.0654 e. The molecule has 11 heavy (non-hydrogen) atoms. The summed E-state index contributed by atoms with van der Waals surface area (Å²) in [6, 6.07) is 0. The average molecular weight is 155 g/mol. The van der Waals surface area contributed by atoms with E-state index in [2.05, 4.69) is 27.2 Å². The fourth-order valence-corrected chi connectivity index (χ4v) is 1.45. The Hall–Kier alpha value is 0. The van der Waals surface area contributed by atoms with Crippen LogP contribution in [0.2, 0.25) is 0 Å². The molecule has 0 rings (SSSR count). The highest BCUT2D eigenvalue weighted by Gasteiger charge is 2.03. The minimum atomic E-state index is 0.992. The summed E-state index contributed by atoms with van der Waals surface area (Å²) >= 11 is 0. The molecule has 0 aliphatic rings. The van der Waals surface area contributed by atoms with Crippen LogP contribution in [0.5, 0.6) is 0 Å². The lowest BCUT2D eigenvalue weighted by Crippen LogP contribution is -1.98. The van der Waals surface area contributed by atoms with E-state index in [-0.39, 0.29) is 0 Å². The van der Waals surface area contributed by atoms with Crippen molar-refractivity contribution >= 4 is 0 Å². The predicted molar refractivity (Wildman–Crippen MR) is 52.5 cm³/mol. The maximum Gasteiger partial charge on any atom is -0.0417 e. The lowest BCUT2D eigenvalue weighted by molar-refractivity contribution is 0.420. The lowest BCUT2D eigenvalue weighted by atomic mass is 9.94. The van der Waals surface area contributed by atoms with Crippen molar-refractivity contribution in [2.75, 3.05) is 0 Å². The van der Waals surface area contributed by atoms with E-state index in [0.717, 1.165) is 5.92 Å². The van der Waals surface area contributed by atoms with Gasteiger partial charge in [-0.1, -0.05) is 59.3 Å². The zero-order valence-corrected chi connectivity index (χ0v) is 8.40. The third-order valence-electron chi connectivity index (χ3n) is 2.41. The third kappa shape index (κ3) is 6.40. The fraction of sp³-hybridized carbons (Fsp3) is 0.909. The molecule has 0 saturated heterocycles. The molecule has 0 fully saturated rings. The molecule has 0 bridgehead atoms. The molecule has 67 valence electrons. The standard InChI is InChI=1S/C11H23/c1-4-7-9-11(6-3)10-8-5-2/h4,11H,5-10H2,1-3H3. The van der Waals surface area contributed by atoms with E-state index in [4.69, 9.17) is 0 Å². The Morgan fingerprint density at radius 2 is 1.91 bits per heavy atom. The van der Waals surface area contributed by atoms with Gasteiger partial charge in [-0.3, -0.25) is 0 Å². The van der Waals surface area contributed by atoms with E-state index in [9.17, 15) is 0 Å². The van der Waals surface area contributed by atoms with Crippen molar-refractivity contribution in [2.24, 2.45) is 5.92 Å².